The van der Waals surface area contributed by atoms with Crippen LogP contribution in [0.25, 0.3) is 5.57 Å². The summed E-state index contributed by atoms with van der Waals surface area (Å²) < 4.78 is 0. The zero-order valence-electron chi connectivity index (χ0n) is 11.2. The van der Waals surface area contributed by atoms with Gasteiger partial charge in [0, 0.05) is 10.8 Å². The molecule has 0 spiro atoms. The van der Waals surface area contributed by atoms with E-state index >= 15 is 0 Å². The number of hydrogen-bond donors (Lipinski definition) is 0. The van der Waals surface area contributed by atoms with Gasteiger partial charge in [0.2, 0.25) is 0 Å². The quantitative estimate of drug-likeness (QED) is 0.599. The summed E-state index contributed by atoms with van der Waals surface area (Å²) in [6.45, 7) is 9.41. The summed E-state index contributed by atoms with van der Waals surface area (Å²) in [5.41, 5.74) is 6.75. The first kappa shape index (κ1) is 10.8. The van der Waals surface area contributed by atoms with Gasteiger partial charge in [-0.05, 0) is 31.4 Å². The minimum Gasteiger partial charge on any atom is -0.0698 e. The van der Waals surface area contributed by atoms with Gasteiger partial charge in [-0.2, -0.15) is 0 Å². The van der Waals surface area contributed by atoms with Crippen molar-refractivity contribution in [3.63, 3.8) is 0 Å². The second-order valence-electron chi connectivity index (χ2n) is 6.00. The summed E-state index contributed by atoms with van der Waals surface area (Å²) in [7, 11) is 0. The molecule has 2 aliphatic carbocycles. The molecule has 0 saturated carbocycles. The Balaban J connectivity index is 2.05. The second kappa shape index (κ2) is 3.13. The molecule has 0 bridgehead atoms. The molecule has 0 heteroatoms. The zero-order chi connectivity index (χ0) is 12.3. The van der Waals surface area contributed by atoms with E-state index in [0.29, 0.717) is 10.8 Å². The van der Waals surface area contributed by atoms with Crippen molar-refractivity contribution in [2.75, 3.05) is 0 Å². The fourth-order valence-electron chi connectivity index (χ4n) is 3.75. The molecule has 0 aliphatic heterocycles. The van der Waals surface area contributed by atoms with Crippen molar-refractivity contribution in [1.82, 2.24) is 0 Å². The third-order valence-electron chi connectivity index (χ3n) is 5.47. The summed E-state index contributed by atoms with van der Waals surface area (Å²) in [6, 6.07) is 10.8. The molecule has 0 N–H and O–H groups in total. The van der Waals surface area contributed by atoms with Gasteiger partial charge in [0.05, 0.1) is 0 Å². The summed E-state index contributed by atoms with van der Waals surface area (Å²) in [5.74, 6) is 0. The van der Waals surface area contributed by atoms with Crippen LogP contribution in [-0.4, -0.2) is 0 Å². The molecule has 0 radical (unpaired) electrons. The fraction of sp³-hybridized carbons (Fsp3) is 0.412. The Hall–Kier alpha value is -1.30. The Bertz CT molecular complexity index is 532. The Morgan fingerprint density at radius 2 is 1.59 bits per heavy atom. The van der Waals surface area contributed by atoms with Gasteiger partial charge >= 0.3 is 0 Å². The molecular weight excluding hydrogens is 204 g/mol. The summed E-state index contributed by atoms with van der Waals surface area (Å²) in [5, 5.41) is 0. The minimum absolute atomic E-state index is 0.294. The summed E-state index contributed by atoms with van der Waals surface area (Å²) in [4.78, 5) is 0. The standard InChI is InChI=1S/C17H20/c1-12-13(2)17(4)11-15(10-16(12,17)3)14-8-6-5-7-9-14/h5-10H,11H2,1-4H3/t16-,17-/m0/s1. The normalized spacial score (nSPS) is 35.4. The van der Waals surface area contributed by atoms with Gasteiger partial charge in [-0.15, -0.1) is 0 Å². The maximum atomic E-state index is 2.50. The van der Waals surface area contributed by atoms with Crippen molar-refractivity contribution in [3.8, 4) is 0 Å². The van der Waals surface area contributed by atoms with Gasteiger partial charge in [-0.25, -0.2) is 0 Å². The first-order valence-electron chi connectivity index (χ1n) is 6.45. The van der Waals surface area contributed by atoms with Gasteiger partial charge in [-0.1, -0.05) is 61.4 Å². The maximum absolute atomic E-state index is 2.50. The van der Waals surface area contributed by atoms with Crippen LogP contribution in [0.15, 0.2) is 47.6 Å². The lowest BCUT2D eigenvalue weighted by Crippen LogP contribution is -2.44. The van der Waals surface area contributed by atoms with Gasteiger partial charge in [0.1, 0.15) is 0 Å². The molecule has 0 heterocycles. The van der Waals surface area contributed by atoms with Crippen molar-refractivity contribution in [3.05, 3.63) is 53.1 Å². The van der Waals surface area contributed by atoms with Crippen LogP contribution in [0, 0.1) is 10.8 Å². The predicted octanol–water partition coefficient (Wildman–Crippen LogP) is 4.84. The largest absolute Gasteiger partial charge is 0.0698 e. The van der Waals surface area contributed by atoms with E-state index < -0.39 is 0 Å². The monoisotopic (exact) mass is 224 g/mol. The van der Waals surface area contributed by atoms with Gasteiger partial charge in [0.25, 0.3) is 0 Å². The Kier molecular flexibility index (Phi) is 1.99. The van der Waals surface area contributed by atoms with Crippen LogP contribution in [0.1, 0.15) is 39.7 Å². The van der Waals surface area contributed by atoms with E-state index in [1.54, 1.807) is 11.1 Å². The first-order valence-corrected chi connectivity index (χ1v) is 6.45. The third-order valence-corrected chi connectivity index (χ3v) is 5.47. The molecule has 88 valence electrons. The molecule has 0 amide bonds. The molecule has 1 aromatic carbocycles. The van der Waals surface area contributed by atoms with Crippen LogP contribution in [-0.2, 0) is 0 Å². The smallest absolute Gasteiger partial charge is 0.0162 e. The molecule has 3 rings (SSSR count). The number of benzene rings is 1. The van der Waals surface area contributed by atoms with Gasteiger partial charge < -0.3 is 0 Å². The lowest BCUT2D eigenvalue weighted by molar-refractivity contribution is 0.176. The zero-order valence-corrected chi connectivity index (χ0v) is 11.2. The molecule has 0 aromatic heterocycles. The molecule has 0 fully saturated rings. The highest BCUT2D eigenvalue weighted by Crippen LogP contribution is 2.68. The molecule has 0 saturated heterocycles. The maximum Gasteiger partial charge on any atom is 0.0162 e. The molecule has 0 nitrogen and oxygen atoms in total. The van der Waals surface area contributed by atoms with E-state index in [0.717, 1.165) is 0 Å². The van der Waals surface area contributed by atoms with Crippen LogP contribution in [0.2, 0.25) is 0 Å². The Labute approximate surface area is 104 Å². The topological polar surface area (TPSA) is 0 Å². The van der Waals surface area contributed by atoms with E-state index in [9.17, 15) is 0 Å². The minimum atomic E-state index is 0.294. The van der Waals surface area contributed by atoms with E-state index in [4.69, 9.17) is 0 Å². The van der Waals surface area contributed by atoms with Crippen LogP contribution >= 0.6 is 0 Å². The Morgan fingerprint density at radius 1 is 0.941 bits per heavy atom. The van der Waals surface area contributed by atoms with E-state index in [-0.39, 0.29) is 0 Å². The average molecular weight is 224 g/mol. The van der Waals surface area contributed by atoms with Crippen LogP contribution in [0.4, 0.5) is 0 Å². The highest BCUT2D eigenvalue weighted by molar-refractivity contribution is 5.74. The van der Waals surface area contributed by atoms with Gasteiger partial charge in [-0.3, -0.25) is 0 Å². The van der Waals surface area contributed by atoms with Gasteiger partial charge in [0.15, 0.2) is 0 Å². The Morgan fingerprint density at radius 3 is 2.18 bits per heavy atom. The van der Waals surface area contributed by atoms with E-state index in [1.165, 1.54) is 17.6 Å². The van der Waals surface area contributed by atoms with Crippen molar-refractivity contribution >= 4 is 5.57 Å². The molecule has 2 atom stereocenters. The molecule has 1 aromatic rings. The molecular formula is C17H20. The number of rotatable bonds is 1. The molecule has 17 heavy (non-hydrogen) atoms. The first-order chi connectivity index (χ1) is 7.99. The number of fused-ring (bicyclic) bond motifs is 1. The second-order valence-corrected chi connectivity index (χ2v) is 6.00. The highest BCUT2D eigenvalue weighted by atomic mass is 14.6. The third kappa shape index (κ3) is 1.14. The van der Waals surface area contributed by atoms with E-state index in [2.05, 4.69) is 64.1 Å². The van der Waals surface area contributed by atoms with Crippen molar-refractivity contribution in [2.24, 2.45) is 10.8 Å². The van der Waals surface area contributed by atoms with Crippen molar-refractivity contribution in [2.45, 2.75) is 34.1 Å². The van der Waals surface area contributed by atoms with Crippen LogP contribution in [0.3, 0.4) is 0 Å². The number of allylic oxidation sites excluding steroid dienone is 4. The lowest BCUT2D eigenvalue weighted by atomic mass is 9.50. The fourth-order valence-corrected chi connectivity index (χ4v) is 3.75. The molecule has 2 aliphatic rings. The number of hydrogen-bond acceptors (Lipinski definition) is 0. The predicted molar refractivity (Wildman–Crippen MR) is 73.6 cm³/mol. The van der Waals surface area contributed by atoms with Crippen molar-refractivity contribution < 1.29 is 0 Å². The van der Waals surface area contributed by atoms with E-state index in [1.807, 2.05) is 0 Å². The summed E-state index contributed by atoms with van der Waals surface area (Å²) >= 11 is 0. The SMILES string of the molecule is CC1=C(C)[C@]2(C)CC(c3ccccc3)=C[C@@]12C. The average Bonchev–Trinajstić information content (AvgIpc) is 2.61. The molecule has 0 unspecified atom stereocenters. The highest BCUT2D eigenvalue weighted by Gasteiger charge is 2.57. The van der Waals surface area contributed by atoms with Crippen LogP contribution in [0.5, 0.6) is 0 Å². The lowest BCUT2D eigenvalue weighted by Gasteiger charge is -2.53. The van der Waals surface area contributed by atoms with Crippen molar-refractivity contribution in [1.29, 1.82) is 0 Å². The van der Waals surface area contributed by atoms with Crippen LogP contribution < -0.4 is 0 Å². The summed E-state index contributed by atoms with van der Waals surface area (Å²) in [6.07, 6.45) is 3.70.